The topological polar surface area (TPSA) is 111 Å². The minimum atomic E-state index is -0.795. The fourth-order valence-corrected chi connectivity index (χ4v) is 3.30. The van der Waals surface area contributed by atoms with Gasteiger partial charge in [0.05, 0.1) is 25.7 Å². The Kier molecular flexibility index (Phi) is 4.52. The lowest BCUT2D eigenvalue weighted by Crippen LogP contribution is -2.43. The molecule has 1 aliphatic heterocycles. The van der Waals surface area contributed by atoms with E-state index in [4.69, 9.17) is 15.2 Å². The molecule has 8 heteroatoms. The molecule has 2 heterocycles. The highest BCUT2D eigenvalue weighted by molar-refractivity contribution is 5.91. The zero-order valence-electron chi connectivity index (χ0n) is 14.5. The minimum Gasteiger partial charge on any atom is -0.493 e. The van der Waals surface area contributed by atoms with Gasteiger partial charge in [0.15, 0.2) is 11.5 Å². The summed E-state index contributed by atoms with van der Waals surface area (Å²) < 4.78 is 10.6. The lowest BCUT2D eigenvalue weighted by molar-refractivity contribution is -0.142. The zero-order valence-corrected chi connectivity index (χ0v) is 14.5. The van der Waals surface area contributed by atoms with Crippen LogP contribution in [-0.2, 0) is 4.79 Å². The number of ether oxygens (including phenoxy) is 2. The van der Waals surface area contributed by atoms with E-state index in [1.807, 2.05) is 11.8 Å². The number of carboxylic acids is 1. The molecule has 0 bridgehead atoms. The Morgan fingerprint density at radius 3 is 2.56 bits per heavy atom. The Morgan fingerprint density at radius 2 is 1.92 bits per heavy atom. The molecule has 0 spiro atoms. The minimum absolute atomic E-state index is 0.237. The highest BCUT2D eigenvalue weighted by Crippen LogP contribution is 2.34. The van der Waals surface area contributed by atoms with E-state index in [0.29, 0.717) is 53.7 Å². The molecule has 1 aliphatic rings. The quantitative estimate of drug-likeness (QED) is 0.862. The summed E-state index contributed by atoms with van der Waals surface area (Å²) in [5, 5.41) is 10.0. The Bertz CT molecular complexity index is 811. The summed E-state index contributed by atoms with van der Waals surface area (Å²) in [5.41, 5.74) is 6.75. The van der Waals surface area contributed by atoms with Gasteiger partial charge in [-0.2, -0.15) is 4.98 Å². The van der Waals surface area contributed by atoms with Crippen molar-refractivity contribution in [2.45, 2.75) is 13.3 Å². The molecule has 1 aromatic carbocycles. The van der Waals surface area contributed by atoms with Gasteiger partial charge in [0.2, 0.25) is 5.95 Å². The fraction of sp³-hybridized carbons (Fsp3) is 0.471. The maximum absolute atomic E-state index is 11.4. The first-order valence-electron chi connectivity index (χ1n) is 8.10. The standard InChI is InChI=1S/C17H22N4O4/c1-9-4-10(16(22)23)8-21(7-9)17-19-12-6-14(25-3)13(24-2)5-11(12)15(18)20-17/h5-6,9-10H,4,7-8H2,1-3H3,(H,22,23)(H2,18,19,20). The van der Waals surface area contributed by atoms with Crippen molar-refractivity contribution in [2.75, 3.05) is 37.9 Å². The Labute approximate surface area is 145 Å². The van der Waals surface area contributed by atoms with E-state index < -0.39 is 11.9 Å². The van der Waals surface area contributed by atoms with Gasteiger partial charge >= 0.3 is 5.97 Å². The summed E-state index contributed by atoms with van der Waals surface area (Å²) in [7, 11) is 3.11. The van der Waals surface area contributed by atoms with E-state index in [0.717, 1.165) is 0 Å². The Balaban J connectivity index is 2.03. The number of carbonyl (C=O) groups is 1. The number of benzene rings is 1. The summed E-state index contributed by atoms with van der Waals surface area (Å²) in [6, 6.07) is 3.49. The van der Waals surface area contributed by atoms with Crippen LogP contribution in [-0.4, -0.2) is 48.4 Å². The second-order valence-electron chi connectivity index (χ2n) is 6.41. The SMILES string of the molecule is COc1cc2nc(N3CC(C)CC(C(=O)O)C3)nc(N)c2cc1OC. The van der Waals surface area contributed by atoms with E-state index in [-0.39, 0.29) is 5.92 Å². The van der Waals surface area contributed by atoms with Crippen molar-refractivity contribution in [3.63, 3.8) is 0 Å². The van der Waals surface area contributed by atoms with Gasteiger partial charge in [-0.1, -0.05) is 6.92 Å². The number of carboxylic acid groups (broad SMARTS) is 1. The molecule has 1 fully saturated rings. The van der Waals surface area contributed by atoms with Gasteiger partial charge in [0.1, 0.15) is 5.82 Å². The van der Waals surface area contributed by atoms with Crippen LogP contribution in [0.5, 0.6) is 11.5 Å². The summed E-state index contributed by atoms with van der Waals surface area (Å²) >= 11 is 0. The van der Waals surface area contributed by atoms with Crippen molar-refractivity contribution < 1.29 is 19.4 Å². The molecule has 134 valence electrons. The first-order chi connectivity index (χ1) is 11.9. The molecule has 0 amide bonds. The molecule has 8 nitrogen and oxygen atoms in total. The molecule has 2 aromatic rings. The number of hydrogen-bond acceptors (Lipinski definition) is 7. The predicted octanol–water partition coefficient (Wildman–Crippen LogP) is 1.78. The zero-order chi connectivity index (χ0) is 18.1. The number of rotatable bonds is 4. The number of nitrogens with two attached hydrogens (primary N) is 1. The summed E-state index contributed by atoms with van der Waals surface area (Å²) in [5.74, 6) is 0.873. The Hall–Kier alpha value is -2.77. The van der Waals surface area contributed by atoms with Crippen molar-refractivity contribution in [3.05, 3.63) is 12.1 Å². The molecular weight excluding hydrogens is 324 g/mol. The van der Waals surface area contributed by atoms with E-state index in [2.05, 4.69) is 9.97 Å². The molecule has 0 radical (unpaired) electrons. The lowest BCUT2D eigenvalue weighted by Gasteiger charge is -2.34. The number of methoxy groups -OCH3 is 2. The third-order valence-electron chi connectivity index (χ3n) is 4.51. The molecule has 0 saturated carbocycles. The molecule has 1 saturated heterocycles. The lowest BCUT2D eigenvalue weighted by atomic mass is 9.91. The number of nitrogen functional groups attached to an aromatic ring is 1. The van der Waals surface area contributed by atoms with E-state index in [1.165, 1.54) is 0 Å². The van der Waals surface area contributed by atoms with E-state index in [9.17, 15) is 9.90 Å². The van der Waals surface area contributed by atoms with Crippen molar-refractivity contribution in [1.29, 1.82) is 0 Å². The number of anilines is 2. The average Bonchev–Trinajstić information content (AvgIpc) is 2.59. The highest BCUT2D eigenvalue weighted by Gasteiger charge is 2.31. The number of aromatic nitrogens is 2. The van der Waals surface area contributed by atoms with Crippen molar-refractivity contribution in [3.8, 4) is 11.5 Å². The smallest absolute Gasteiger partial charge is 0.308 e. The molecule has 2 atom stereocenters. The van der Waals surface area contributed by atoms with Crippen LogP contribution >= 0.6 is 0 Å². The normalized spacial score (nSPS) is 20.5. The number of fused-ring (bicyclic) bond motifs is 1. The predicted molar refractivity (Wildman–Crippen MR) is 94.2 cm³/mol. The fourth-order valence-electron chi connectivity index (χ4n) is 3.30. The molecule has 0 aliphatic carbocycles. The third kappa shape index (κ3) is 3.24. The summed E-state index contributed by atoms with van der Waals surface area (Å²) in [6.07, 6.45) is 0.653. The van der Waals surface area contributed by atoms with Crippen LogP contribution in [0.1, 0.15) is 13.3 Å². The van der Waals surface area contributed by atoms with Gasteiger partial charge in [-0.15, -0.1) is 0 Å². The number of nitrogens with zero attached hydrogens (tertiary/aromatic N) is 3. The van der Waals surface area contributed by atoms with Crippen LogP contribution in [0.4, 0.5) is 11.8 Å². The van der Waals surface area contributed by atoms with Crippen molar-refractivity contribution >= 4 is 28.6 Å². The third-order valence-corrected chi connectivity index (χ3v) is 4.51. The second kappa shape index (κ2) is 6.62. The van der Waals surface area contributed by atoms with Crippen molar-refractivity contribution in [2.24, 2.45) is 11.8 Å². The van der Waals surface area contributed by atoms with Crippen LogP contribution < -0.4 is 20.1 Å². The van der Waals surface area contributed by atoms with Crippen LogP contribution in [0.3, 0.4) is 0 Å². The largest absolute Gasteiger partial charge is 0.493 e. The first-order valence-corrected chi connectivity index (χ1v) is 8.10. The van der Waals surface area contributed by atoms with Gasteiger partial charge in [0.25, 0.3) is 0 Å². The number of piperidine rings is 1. The monoisotopic (exact) mass is 346 g/mol. The average molecular weight is 346 g/mol. The van der Waals surface area contributed by atoms with E-state index >= 15 is 0 Å². The summed E-state index contributed by atoms with van der Waals surface area (Å²) in [4.78, 5) is 22.2. The Morgan fingerprint density at radius 1 is 1.24 bits per heavy atom. The molecular formula is C17H22N4O4. The van der Waals surface area contributed by atoms with Crippen LogP contribution in [0.15, 0.2) is 12.1 Å². The highest BCUT2D eigenvalue weighted by atomic mass is 16.5. The number of hydrogen-bond donors (Lipinski definition) is 2. The molecule has 2 unspecified atom stereocenters. The first kappa shape index (κ1) is 17.1. The van der Waals surface area contributed by atoms with Gasteiger partial charge in [-0.25, -0.2) is 4.98 Å². The maximum Gasteiger partial charge on any atom is 0.308 e. The van der Waals surface area contributed by atoms with E-state index in [1.54, 1.807) is 26.4 Å². The van der Waals surface area contributed by atoms with Crippen LogP contribution in [0, 0.1) is 11.8 Å². The summed E-state index contributed by atoms with van der Waals surface area (Å²) in [6.45, 7) is 3.10. The maximum atomic E-state index is 11.4. The van der Waals surface area contributed by atoms with Crippen LogP contribution in [0.25, 0.3) is 10.9 Å². The van der Waals surface area contributed by atoms with Gasteiger partial charge in [-0.3, -0.25) is 4.79 Å². The molecule has 3 N–H and O–H groups in total. The second-order valence-corrected chi connectivity index (χ2v) is 6.41. The molecule has 25 heavy (non-hydrogen) atoms. The molecule has 3 rings (SSSR count). The number of aliphatic carboxylic acids is 1. The molecule has 1 aromatic heterocycles. The van der Waals surface area contributed by atoms with Gasteiger partial charge < -0.3 is 25.2 Å². The van der Waals surface area contributed by atoms with Gasteiger partial charge in [-0.05, 0) is 18.4 Å². The van der Waals surface area contributed by atoms with Gasteiger partial charge in [0, 0.05) is 24.5 Å². The van der Waals surface area contributed by atoms with Crippen molar-refractivity contribution in [1.82, 2.24) is 9.97 Å². The van der Waals surface area contributed by atoms with Crippen LogP contribution in [0.2, 0.25) is 0 Å².